The summed E-state index contributed by atoms with van der Waals surface area (Å²) in [5.41, 5.74) is 8.49. The molecule has 2 aromatic rings. The molecule has 1 unspecified atom stereocenters. The van der Waals surface area contributed by atoms with E-state index in [9.17, 15) is 0 Å². The van der Waals surface area contributed by atoms with Crippen molar-refractivity contribution in [3.05, 3.63) is 59.7 Å². The molecule has 0 spiro atoms. The van der Waals surface area contributed by atoms with E-state index in [0.717, 1.165) is 22.6 Å². The second kappa shape index (κ2) is 6.64. The van der Waals surface area contributed by atoms with Crippen LogP contribution in [0.2, 0.25) is 0 Å². The molecular formula is C16H19NOS. The Kier molecular flexibility index (Phi) is 4.88. The summed E-state index contributed by atoms with van der Waals surface area (Å²) in [5, 5.41) is 0. The molecule has 0 aliphatic heterocycles. The number of benzene rings is 2. The van der Waals surface area contributed by atoms with Gasteiger partial charge in [0, 0.05) is 4.90 Å². The highest BCUT2D eigenvalue weighted by Crippen LogP contribution is 2.25. The molecule has 2 nitrogen and oxygen atoms in total. The van der Waals surface area contributed by atoms with Crippen LogP contribution >= 0.6 is 11.8 Å². The average Bonchev–Trinajstić information content (AvgIpc) is 2.48. The summed E-state index contributed by atoms with van der Waals surface area (Å²) in [6.45, 7) is 2.15. The van der Waals surface area contributed by atoms with Crippen LogP contribution < -0.4 is 10.5 Å². The van der Waals surface area contributed by atoms with Gasteiger partial charge < -0.3 is 10.5 Å². The fourth-order valence-electron chi connectivity index (χ4n) is 1.97. The monoisotopic (exact) mass is 273 g/mol. The molecule has 0 aliphatic rings. The van der Waals surface area contributed by atoms with Crippen LogP contribution in [0.4, 0.5) is 0 Å². The third kappa shape index (κ3) is 3.52. The summed E-state index contributed by atoms with van der Waals surface area (Å²) in [7, 11) is 1.67. The van der Waals surface area contributed by atoms with Crippen LogP contribution in [-0.2, 0) is 0 Å². The Morgan fingerprint density at radius 1 is 1.11 bits per heavy atom. The quantitative estimate of drug-likeness (QED) is 0.840. The van der Waals surface area contributed by atoms with E-state index >= 15 is 0 Å². The largest absolute Gasteiger partial charge is 0.497 e. The molecule has 100 valence electrons. The number of thioether (sulfide) groups is 1. The number of hydrogen-bond donors (Lipinski definition) is 1. The predicted molar refractivity (Wildman–Crippen MR) is 81.9 cm³/mol. The topological polar surface area (TPSA) is 35.2 Å². The molecule has 2 rings (SSSR count). The molecule has 0 heterocycles. The molecule has 0 saturated carbocycles. The van der Waals surface area contributed by atoms with Crippen molar-refractivity contribution in [2.45, 2.75) is 17.9 Å². The van der Waals surface area contributed by atoms with Crippen molar-refractivity contribution in [3.63, 3.8) is 0 Å². The summed E-state index contributed by atoms with van der Waals surface area (Å²) in [6.07, 6.45) is 0. The number of methoxy groups -OCH3 is 1. The zero-order valence-electron chi connectivity index (χ0n) is 11.3. The van der Waals surface area contributed by atoms with Crippen molar-refractivity contribution < 1.29 is 4.74 Å². The van der Waals surface area contributed by atoms with Gasteiger partial charge in [-0.25, -0.2) is 0 Å². The van der Waals surface area contributed by atoms with Gasteiger partial charge in [0.2, 0.25) is 0 Å². The van der Waals surface area contributed by atoms with Crippen LogP contribution in [0.15, 0.2) is 53.4 Å². The lowest BCUT2D eigenvalue weighted by Gasteiger charge is -2.14. The van der Waals surface area contributed by atoms with E-state index in [4.69, 9.17) is 10.5 Å². The highest BCUT2D eigenvalue weighted by molar-refractivity contribution is 7.99. The minimum Gasteiger partial charge on any atom is -0.497 e. The van der Waals surface area contributed by atoms with Gasteiger partial charge in [0.25, 0.3) is 0 Å². The molecule has 0 fully saturated rings. The number of nitrogens with two attached hydrogens (primary N) is 1. The van der Waals surface area contributed by atoms with Crippen LogP contribution in [-0.4, -0.2) is 12.9 Å². The summed E-state index contributed by atoms with van der Waals surface area (Å²) in [4.78, 5) is 1.28. The Morgan fingerprint density at radius 2 is 1.84 bits per heavy atom. The maximum absolute atomic E-state index is 6.30. The molecule has 0 amide bonds. The van der Waals surface area contributed by atoms with E-state index in [0.29, 0.717) is 0 Å². The van der Waals surface area contributed by atoms with E-state index in [-0.39, 0.29) is 6.04 Å². The molecular weight excluding hydrogens is 254 g/mol. The zero-order chi connectivity index (χ0) is 13.7. The Hall–Kier alpha value is -1.45. The van der Waals surface area contributed by atoms with Gasteiger partial charge in [0.1, 0.15) is 5.75 Å². The molecule has 0 radical (unpaired) electrons. The fraction of sp³-hybridized carbons (Fsp3) is 0.250. The van der Waals surface area contributed by atoms with E-state index in [1.54, 1.807) is 7.11 Å². The normalized spacial score (nSPS) is 12.2. The number of rotatable bonds is 5. The predicted octanol–water partition coefficient (Wildman–Crippen LogP) is 3.86. The minimum atomic E-state index is -0.115. The van der Waals surface area contributed by atoms with Crippen LogP contribution in [0.3, 0.4) is 0 Å². The summed E-state index contributed by atoms with van der Waals surface area (Å²) >= 11 is 1.84. The number of hydrogen-bond acceptors (Lipinski definition) is 3. The van der Waals surface area contributed by atoms with Crippen molar-refractivity contribution in [2.75, 3.05) is 12.9 Å². The van der Waals surface area contributed by atoms with Crippen LogP contribution in [0.25, 0.3) is 0 Å². The standard InChI is InChI=1S/C16H19NOS/c1-3-19-15-9-7-12(8-10-15)16(17)13-5-4-6-14(11-13)18-2/h4-11,16H,3,17H2,1-2H3. The first-order chi connectivity index (χ1) is 9.24. The average molecular weight is 273 g/mol. The highest BCUT2D eigenvalue weighted by atomic mass is 32.2. The second-order valence-electron chi connectivity index (χ2n) is 4.26. The second-order valence-corrected chi connectivity index (χ2v) is 5.59. The van der Waals surface area contributed by atoms with Gasteiger partial charge in [0.05, 0.1) is 13.2 Å². The fourth-order valence-corrected chi connectivity index (χ4v) is 2.63. The van der Waals surface area contributed by atoms with Gasteiger partial charge in [-0.3, -0.25) is 0 Å². The van der Waals surface area contributed by atoms with E-state index in [1.165, 1.54) is 4.90 Å². The molecule has 1 atom stereocenters. The first-order valence-electron chi connectivity index (χ1n) is 6.37. The van der Waals surface area contributed by atoms with Gasteiger partial charge in [-0.15, -0.1) is 11.8 Å². The highest BCUT2D eigenvalue weighted by Gasteiger charge is 2.09. The summed E-state index contributed by atoms with van der Waals surface area (Å²) in [6, 6.07) is 16.3. The molecule has 0 saturated heterocycles. The molecule has 19 heavy (non-hydrogen) atoms. The van der Waals surface area contributed by atoms with Crippen LogP contribution in [0.1, 0.15) is 24.1 Å². The third-order valence-electron chi connectivity index (χ3n) is 3.00. The lowest BCUT2D eigenvalue weighted by Crippen LogP contribution is -2.11. The molecule has 3 heteroatoms. The number of ether oxygens (including phenoxy) is 1. The molecule has 0 aliphatic carbocycles. The Bertz CT molecular complexity index is 525. The SMILES string of the molecule is CCSc1ccc(C(N)c2cccc(OC)c2)cc1. The molecule has 2 aromatic carbocycles. The van der Waals surface area contributed by atoms with E-state index < -0.39 is 0 Å². The van der Waals surface area contributed by atoms with E-state index in [2.05, 4.69) is 31.2 Å². The van der Waals surface area contributed by atoms with Gasteiger partial charge in [0.15, 0.2) is 0 Å². The summed E-state index contributed by atoms with van der Waals surface area (Å²) in [5.74, 6) is 1.92. The van der Waals surface area contributed by atoms with Gasteiger partial charge in [-0.05, 0) is 41.1 Å². The first kappa shape index (κ1) is 14.0. The van der Waals surface area contributed by atoms with Gasteiger partial charge in [-0.2, -0.15) is 0 Å². The van der Waals surface area contributed by atoms with Crippen LogP contribution in [0, 0.1) is 0 Å². The maximum Gasteiger partial charge on any atom is 0.119 e. The smallest absolute Gasteiger partial charge is 0.119 e. The molecule has 0 aromatic heterocycles. The van der Waals surface area contributed by atoms with Crippen molar-refractivity contribution in [1.82, 2.24) is 0 Å². The maximum atomic E-state index is 6.30. The molecule has 2 N–H and O–H groups in total. The Morgan fingerprint density at radius 3 is 2.47 bits per heavy atom. The van der Waals surface area contributed by atoms with Gasteiger partial charge >= 0.3 is 0 Å². The minimum absolute atomic E-state index is 0.115. The lowest BCUT2D eigenvalue weighted by atomic mass is 9.99. The van der Waals surface area contributed by atoms with Gasteiger partial charge in [-0.1, -0.05) is 31.2 Å². The van der Waals surface area contributed by atoms with Crippen molar-refractivity contribution in [2.24, 2.45) is 5.73 Å². The van der Waals surface area contributed by atoms with Crippen LogP contribution in [0.5, 0.6) is 5.75 Å². The van der Waals surface area contributed by atoms with Crippen molar-refractivity contribution in [1.29, 1.82) is 0 Å². The first-order valence-corrected chi connectivity index (χ1v) is 7.35. The zero-order valence-corrected chi connectivity index (χ0v) is 12.1. The Balaban J connectivity index is 2.20. The Labute approximate surface area is 119 Å². The summed E-state index contributed by atoms with van der Waals surface area (Å²) < 4.78 is 5.23. The van der Waals surface area contributed by atoms with Crippen molar-refractivity contribution in [3.8, 4) is 5.75 Å². The molecule has 0 bridgehead atoms. The van der Waals surface area contributed by atoms with E-state index in [1.807, 2.05) is 36.0 Å². The van der Waals surface area contributed by atoms with Crippen molar-refractivity contribution >= 4 is 11.8 Å². The lowest BCUT2D eigenvalue weighted by molar-refractivity contribution is 0.414. The third-order valence-corrected chi connectivity index (χ3v) is 3.90.